The zero-order valence-corrected chi connectivity index (χ0v) is 14.1. The lowest BCUT2D eigenvalue weighted by atomic mass is 9.97. The van der Waals surface area contributed by atoms with Crippen LogP contribution in [-0.4, -0.2) is 44.3 Å². The third-order valence-electron chi connectivity index (χ3n) is 4.85. The maximum Gasteiger partial charge on any atom is 0.328 e. The van der Waals surface area contributed by atoms with Gasteiger partial charge in [0, 0.05) is 23.7 Å². The van der Waals surface area contributed by atoms with Crippen LogP contribution in [0.25, 0.3) is 17.0 Å². The summed E-state index contributed by atoms with van der Waals surface area (Å²) in [6, 6.07) is 6.48. The molecule has 0 aliphatic carbocycles. The molecule has 1 aliphatic rings. The topological polar surface area (TPSA) is 60.0 Å². The monoisotopic (exact) mass is 325 g/mol. The quantitative estimate of drug-likeness (QED) is 0.719. The molecule has 3 aromatic rings. The van der Waals surface area contributed by atoms with E-state index in [1.165, 1.54) is 19.4 Å². The standard InChI is InChI=1S/C18H23N5O/c1-2-3-10-22-11-6-15(7-12-22)17-20-21-18(24-17)23-13-8-14-5-4-9-19-16(14)23/h4-5,8-9,13,15H,2-3,6-7,10-12H2,1H3. The first kappa shape index (κ1) is 15.3. The maximum absolute atomic E-state index is 5.97. The van der Waals surface area contributed by atoms with Crippen molar-refractivity contribution in [1.82, 2.24) is 24.6 Å². The fourth-order valence-electron chi connectivity index (χ4n) is 3.39. The van der Waals surface area contributed by atoms with Crippen molar-refractivity contribution in [2.24, 2.45) is 0 Å². The van der Waals surface area contributed by atoms with Gasteiger partial charge in [-0.1, -0.05) is 18.4 Å². The molecular formula is C18H23N5O. The minimum Gasteiger partial charge on any atom is -0.407 e. The first-order valence-electron chi connectivity index (χ1n) is 8.83. The maximum atomic E-state index is 5.97. The van der Waals surface area contributed by atoms with E-state index in [1.54, 1.807) is 6.20 Å². The van der Waals surface area contributed by atoms with Crippen molar-refractivity contribution < 1.29 is 4.42 Å². The molecule has 24 heavy (non-hydrogen) atoms. The molecule has 0 aromatic carbocycles. The summed E-state index contributed by atoms with van der Waals surface area (Å²) >= 11 is 0. The summed E-state index contributed by atoms with van der Waals surface area (Å²) in [6.07, 6.45) is 8.44. The van der Waals surface area contributed by atoms with Gasteiger partial charge in [0.1, 0.15) is 5.65 Å². The molecule has 0 amide bonds. The Morgan fingerprint density at radius 1 is 1.21 bits per heavy atom. The molecule has 3 aromatic heterocycles. The highest BCUT2D eigenvalue weighted by Crippen LogP contribution is 2.28. The second-order valence-electron chi connectivity index (χ2n) is 6.49. The van der Waals surface area contributed by atoms with E-state index in [0.717, 1.165) is 42.9 Å². The number of hydrogen-bond donors (Lipinski definition) is 0. The Morgan fingerprint density at radius 2 is 2.08 bits per heavy atom. The third kappa shape index (κ3) is 2.94. The molecule has 6 nitrogen and oxygen atoms in total. The Labute approximate surface area is 141 Å². The van der Waals surface area contributed by atoms with Crippen LogP contribution >= 0.6 is 0 Å². The first-order valence-corrected chi connectivity index (χ1v) is 8.83. The van der Waals surface area contributed by atoms with E-state index in [4.69, 9.17) is 4.42 Å². The second kappa shape index (κ2) is 6.73. The molecule has 6 heteroatoms. The van der Waals surface area contributed by atoms with Gasteiger partial charge in [0.25, 0.3) is 0 Å². The average molecular weight is 325 g/mol. The van der Waals surface area contributed by atoms with Crippen molar-refractivity contribution in [2.45, 2.75) is 38.5 Å². The van der Waals surface area contributed by atoms with Crippen LogP contribution in [0.3, 0.4) is 0 Å². The summed E-state index contributed by atoms with van der Waals surface area (Å²) in [5.74, 6) is 1.14. The number of rotatable bonds is 5. The molecular weight excluding hydrogens is 302 g/mol. The normalized spacial score (nSPS) is 16.9. The fraction of sp³-hybridized carbons (Fsp3) is 0.500. The number of unbranched alkanes of at least 4 members (excludes halogenated alkanes) is 1. The summed E-state index contributed by atoms with van der Waals surface area (Å²) in [4.78, 5) is 6.95. The number of nitrogens with zero attached hydrogens (tertiary/aromatic N) is 5. The van der Waals surface area contributed by atoms with Gasteiger partial charge in [-0.05, 0) is 57.1 Å². The molecule has 1 fully saturated rings. The van der Waals surface area contributed by atoms with Gasteiger partial charge in [0.15, 0.2) is 0 Å². The Morgan fingerprint density at radius 3 is 2.92 bits per heavy atom. The fourth-order valence-corrected chi connectivity index (χ4v) is 3.39. The van der Waals surface area contributed by atoms with Crippen molar-refractivity contribution in [3.63, 3.8) is 0 Å². The molecule has 0 spiro atoms. The van der Waals surface area contributed by atoms with Crippen LogP contribution in [-0.2, 0) is 0 Å². The number of pyridine rings is 1. The summed E-state index contributed by atoms with van der Waals surface area (Å²) in [5.41, 5.74) is 0.849. The van der Waals surface area contributed by atoms with Gasteiger partial charge in [-0.25, -0.2) is 4.98 Å². The summed E-state index contributed by atoms with van der Waals surface area (Å²) in [5, 5.41) is 9.62. The zero-order valence-electron chi connectivity index (χ0n) is 14.1. The molecule has 1 aliphatic heterocycles. The lowest BCUT2D eigenvalue weighted by Gasteiger charge is -2.30. The highest BCUT2D eigenvalue weighted by molar-refractivity contribution is 5.76. The van der Waals surface area contributed by atoms with Crippen molar-refractivity contribution in [1.29, 1.82) is 0 Å². The average Bonchev–Trinajstić information content (AvgIpc) is 3.27. The van der Waals surface area contributed by atoms with Gasteiger partial charge in [0.05, 0.1) is 0 Å². The Hall–Kier alpha value is -2.21. The minimum atomic E-state index is 0.374. The largest absolute Gasteiger partial charge is 0.407 e. The van der Waals surface area contributed by atoms with Crippen molar-refractivity contribution in [3.05, 3.63) is 36.5 Å². The lowest BCUT2D eigenvalue weighted by molar-refractivity contribution is 0.197. The highest BCUT2D eigenvalue weighted by atomic mass is 16.4. The van der Waals surface area contributed by atoms with Crippen molar-refractivity contribution in [2.75, 3.05) is 19.6 Å². The zero-order chi connectivity index (χ0) is 16.4. The number of likely N-dealkylation sites (tertiary alicyclic amines) is 1. The molecule has 0 radical (unpaired) electrons. The molecule has 4 heterocycles. The molecule has 126 valence electrons. The molecule has 4 rings (SSSR count). The minimum absolute atomic E-state index is 0.374. The molecule has 0 atom stereocenters. The van der Waals surface area contributed by atoms with Crippen LogP contribution in [0.4, 0.5) is 0 Å². The lowest BCUT2D eigenvalue weighted by Crippen LogP contribution is -2.33. The third-order valence-corrected chi connectivity index (χ3v) is 4.85. The molecule has 0 unspecified atom stereocenters. The van der Waals surface area contributed by atoms with E-state index >= 15 is 0 Å². The van der Waals surface area contributed by atoms with E-state index in [2.05, 4.69) is 27.0 Å². The number of piperidine rings is 1. The van der Waals surface area contributed by atoms with Crippen LogP contribution in [0, 0.1) is 0 Å². The van der Waals surface area contributed by atoms with Crippen LogP contribution in [0.15, 0.2) is 35.0 Å². The summed E-state index contributed by atoms with van der Waals surface area (Å²) < 4.78 is 7.84. The van der Waals surface area contributed by atoms with Crippen molar-refractivity contribution in [3.8, 4) is 6.01 Å². The Bertz CT molecular complexity index is 800. The van der Waals surface area contributed by atoms with Crippen LogP contribution in [0.1, 0.15) is 44.4 Å². The predicted molar refractivity (Wildman–Crippen MR) is 92.2 cm³/mol. The van der Waals surface area contributed by atoms with E-state index in [-0.39, 0.29) is 0 Å². The number of aromatic nitrogens is 4. The Balaban J connectivity index is 1.48. The summed E-state index contributed by atoms with van der Waals surface area (Å²) in [6.45, 7) is 5.69. The predicted octanol–water partition coefficient (Wildman–Crippen LogP) is 3.39. The summed E-state index contributed by atoms with van der Waals surface area (Å²) in [7, 11) is 0. The van der Waals surface area contributed by atoms with Gasteiger partial charge in [-0.15, -0.1) is 5.10 Å². The van der Waals surface area contributed by atoms with Gasteiger partial charge >= 0.3 is 6.01 Å². The SMILES string of the molecule is CCCCN1CCC(c2nnc(-n3ccc4cccnc43)o2)CC1. The molecule has 0 saturated carbocycles. The van der Waals surface area contributed by atoms with Crippen LogP contribution < -0.4 is 0 Å². The molecule has 1 saturated heterocycles. The second-order valence-corrected chi connectivity index (χ2v) is 6.49. The number of fused-ring (bicyclic) bond motifs is 1. The smallest absolute Gasteiger partial charge is 0.328 e. The van der Waals surface area contributed by atoms with Gasteiger partial charge in [0.2, 0.25) is 5.89 Å². The highest BCUT2D eigenvalue weighted by Gasteiger charge is 2.25. The molecule has 0 N–H and O–H groups in total. The van der Waals surface area contributed by atoms with Gasteiger partial charge < -0.3 is 9.32 Å². The van der Waals surface area contributed by atoms with Gasteiger partial charge in [-0.3, -0.25) is 4.57 Å². The first-order chi connectivity index (χ1) is 11.8. The van der Waals surface area contributed by atoms with E-state index in [0.29, 0.717) is 11.9 Å². The van der Waals surface area contributed by atoms with Gasteiger partial charge in [-0.2, -0.15) is 0 Å². The Kier molecular flexibility index (Phi) is 4.30. The van der Waals surface area contributed by atoms with Crippen LogP contribution in [0.5, 0.6) is 0 Å². The number of hydrogen-bond acceptors (Lipinski definition) is 5. The molecule has 0 bridgehead atoms. The van der Waals surface area contributed by atoms with E-state index < -0.39 is 0 Å². The van der Waals surface area contributed by atoms with E-state index in [9.17, 15) is 0 Å². The van der Waals surface area contributed by atoms with Crippen LogP contribution in [0.2, 0.25) is 0 Å². The van der Waals surface area contributed by atoms with E-state index in [1.807, 2.05) is 29.0 Å². The van der Waals surface area contributed by atoms with Crippen molar-refractivity contribution >= 4 is 11.0 Å².